The molecular formula is C42H53Cl3N6O4. The van der Waals surface area contributed by atoms with Crippen LogP contribution in [-0.4, -0.2) is 91.3 Å². The van der Waals surface area contributed by atoms with E-state index in [1.54, 1.807) is 30.1 Å². The van der Waals surface area contributed by atoms with E-state index in [0.29, 0.717) is 67.1 Å². The monoisotopic (exact) mass is 810 g/mol. The number of hydrogen-bond donors (Lipinski definition) is 3. The lowest BCUT2D eigenvalue weighted by molar-refractivity contribution is -0.144. The molecule has 4 N–H and O–H groups in total. The van der Waals surface area contributed by atoms with Crippen molar-refractivity contribution in [3.05, 3.63) is 99.0 Å². The summed E-state index contributed by atoms with van der Waals surface area (Å²) in [6.07, 6.45) is 6.90. The summed E-state index contributed by atoms with van der Waals surface area (Å²) in [6.45, 7) is 2.47. The Morgan fingerprint density at radius 1 is 0.782 bits per heavy atom. The minimum absolute atomic E-state index is 0.115. The number of nitrogens with zero attached hydrogens (tertiary/aromatic N) is 3. The van der Waals surface area contributed by atoms with E-state index < -0.39 is 24.0 Å². The molecule has 1 saturated heterocycles. The number of unbranched alkanes of at least 4 members (excludes halogenated alkanes) is 1. The number of carbonyl (C=O) groups excluding carboxylic acids is 4. The molecule has 10 nitrogen and oxygen atoms in total. The van der Waals surface area contributed by atoms with Crippen molar-refractivity contribution >= 4 is 64.1 Å². The number of piperazine rings is 1. The van der Waals surface area contributed by atoms with E-state index in [0.717, 1.165) is 48.9 Å². The number of nitrogens with two attached hydrogens (primary N) is 1. The zero-order chi connectivity index (χ0) is 39.3. The van der Waals surface area contributed by atoms with Crippen molar-refractivity contribution in [3.63, 3.8) is 0 Å². The van der Waals surface area contributed by atoms with Gasteiger partial charge in [-0.2, -0.15) is 0 Å². The highest BCUT2D eigenvalue weighted by atomic mass is 35.5. The first-order valence-corrected chi connectivity index (χ1v) is 20.5. The second-order valence-corrected chi connectivity index (χ2v) is 15.9. The van der Waals surface area contributed by atoms with Gasteiger partial charge in [0, 0.05) is 62.7 Å². The molecule has 0 unspecified atom stereocenters. The lowest BCUT2D eigenvalue weighted by atomic mass is 9.88. The highest BCUT2D eigenvalue weighted by molar-refractivity contribution is 6.42. The molecule has 55 heavy (non-hydrogen) atoms. The van der Waals surface area contributed by atoms with Crippen LogP contribution < -0.4 is 21.3 Å². The third kappa shape index (κ3) is 12.1. The minimum atomic E-state index is -0.967. The maximum Gasteiger partial charge on any atom is 0.245 e. The van der Waals surface area contributed by atoms with Crippen LogP contribution in [0.4, 0.5) is 5.69 Å². The maximum absolute atomic E-state index is 14.6. The molecule has 3 aromatic carbocycles. The number of amides is 4. The molecule has 3 aromatic rings. The summed E-state index contributed by atoms with van der Waals surface area (Å²) in [7, 11) is 1.61. The van der Waals surface area contributed by atoms with Gasteiger partial charge in [0.2, 0.25) is 23.6 Å². The van der Waals surface area contributed by atoms with Gasteiger partial charge in [0.05, 0.1) is 10.0 Å². The lowest BCUT2D eigenvalue weighted by Gasteiger charge is -2.38. The van der Waals surface area contributed by atoms with Gasteiger partial charge in [-0.25, -0.2) is 0 Å². The highest BCUT2D eigenvalue weighted by Gasteiger charge is 2.36. The topological polar surface area (TPSA) is 128 Å². The predicted octanol–water partition coefficient (Wildman–Crippen LogP) is 6.29. The Balaban J connectivity index is 1.37. The van der Waals surface area contributed by atoms with Crippen LogP contribution in [0.5, 0.6) is 0 Å². The molecule has 0 bridgehead atoms. The van der Waals surface area contributed by atoms with E-state index in [4.69, 9.17) is 40.5 Å². The summed E-state index contributed by atoms with van der Waals surface area (Å²) < 4.78 is 0. The van der Waals surface area contributed by atoms with Crippen LogP contribution in [0.3, 0.4) is 0 Å². The molecule has 1 heterocycles. The summed E-state index contributed by atoms with van der Waals surface area (Å²) in [4.78, 5) is 62.0. The standard InChI is InChI=1S/C42H53Cl3N6O4/c1-49(41(54)36(14-8-9-21-46)47-39(52)31-12-6-3-7-13-31)38(27-29-10-4-2-5-11-29)40(53)48-37(26-30-15-17-32(43)18-16-30)42(55)51-24-22-50(23-25-51)33-19-20-34(44)35(45)28-33/h2,4-5,10-11,15-20,28,31,36-38H,3,6-9,12-14,21-27,46H2,1H3,(H,47,52)(H,48,53)/t36-,37-,38-/m1/s1. The average Bonchev–Trinajstić information content (AvgIpc) is 3.21. The van der Waals surface area contributed by atoms with Gasteiger partial charge in [0.15, 0.2) is 0 Å². The number of carbonyl (C=O) groups is 4. The summed E-state index contributed by atoms with van der Waals surface area (Å²) in [5.74, 6) is -1.27. The number of nitrogens with one attached hydrogen (secondary N) is 2. The number of anilines is 1. The van der Waals surface area contributed by atoms with E-state index in [1.165, 1.54) is 4.90 Å². The van der Waals surface area contributed by atoms with Gasteiger partial charge in [0.25, 0.3) is 0 Å². The molecule has 1 aliphatic heterocycles. The lowest BCUT2D eigenvalue weighted by Crippen LogP contribution is -2.60. The van der Waals surface area contributed by atoms with Crippen molar-refractivity contribution in [3.8, 4) is 0 Å². The zero-order valence-corrected chi connectivity index (χ0v) is 33.8. The van der Waals surface area contributed by atoms with Gasteiger partial charge in [-0.1, -0.05) is 96.5 Å². The first kappa shape index (κ1) is 42.3. The van der Waals surface area contributed by atoms with Crippen molar-refractivity contribution < 1.29 is 19.2 Å². The Bertz CT molecular complexity index is 1730. The van der Waals surface area contributed by atoms with Crippen molar-refractivity contribution in [2.75, 3.05) is 44.7 Å². The number of benzene rings is 3. The fourth-order valence-electron chi connectivity index (χ4n) is 7.46. The molecule has 1 aliphatic carbocycles. The Kier molecular flexibility index (Phi) is 16.1. The van der Waals surface area contributed by atoms with Crippen LogP contribution >= 0.6 is 34.8 Å². The predicted molar refractivity (Wildman–Crippen MR) is 220 cm³/mol. The first-order chi connectivity index (χ1) is 26.5. The third-order valence-corrected chi connectivity index (χ3v) is 11.7. The molecule has 2 fully saturated rings. The number of hydrogen-bond acceptors (Lipinski definition) is 6. The van der Waals surface area contributed by atoms with Crippen LogP contribution in [-0.2, 0) is 32.0 Å². The SMILES string of the molecule is CN(C(=O)[C@@H](CCCCN)NC(=O)C1CCCCC1)[C@H](Cc1ccccc1)C(=O)N[C@H](Cc1ccc(Cl)cc1)C(=O)N1CCN(c2ccc(Cl)c(Cl)c2)CC1. The number of rotatable bonds is 16. The zero-order valence-electron chi connectivity index (χ0n) is 31.5. The Morgan fingerprint density at radius 3 is 2.11 bits per heavy atom. The number of likely N-dealkylation sites (N-methyl/N-ethyl adjacent to an activating group) is 1. The molecular weight excluding hydrogens is 759 g/mol. The molecule has 0 aromatic heterocycles. The molecule has 0 spiro atoms. The van der Waals surface area contributed by atoms with Gasteiger partial charge in [-0.05, 0) is 80.1 Å². The van der Waals surface area contributed by atoms with Crippen LogP contribution in [0.1, 0.15) is 62.5 Å². The van der Waals surface area contributed by atoms with E-state index in [2.05, 4.69) is 15.5 Å². The Hall–Kier alpha value is -3.83. The van der Waals surface area contributed by atoms with Gasteiger partial charge in [-0.15, -0.1) is 0 Å². The largest absolute Gasteiger partial charge is 0.368 e. The van der Waals surface area contributed by atoms with Crippen LogP contribution in [0.2, 0.25) is 15.1 Å². The van der Waals surface area contributed by atoms with Crippen molar-refractivity contribution in [2.24, 2.45) is 11.7 Å². The summed E-state index contributed by atoms with van der Waals surface area (Å²) in [5, 5.41) is 7.62. The second kappa shape index (κ2) is 20.9. The highest BCUT2D eigenvalue weighted by Crippen LogP contribution is 2.28. The minimum Gasteiger partial charge on any atom is -0.368 e. The second-order valence-electron chi connectivity index (χ2n) is 14.6. The smallest absolute Gasteiger partial charge is 0.245 e. The molecule has 0 radical (unpaired) electrons. The average molecular weight is 812 g/mol. The quantitative estimate of drug-likeness (QED) is 0.146. The normalized spacial score (nSPS) is 16.5. The van der Waals surface area contributed by atoms with Crippen LogP contribution in [0, 0.1) is 5.92 Å². The Morgan fingerprint density at radius 2 is 1.45 bits per heavy atom. The fourth-order valence-corrected chi connectivity index (χ4v) is 7.88. The van der Waals surface area contributed by atoms with Crippen molar-refractivity contribution in [2.45, 2.75) is 82.3 Å². The van der Waals surface area contributed by atoms with Crippen LogP contribution in [0.15, 0.2) is 72.8 Å². The molecule has 2 aliphatic rings. The molecule has 1 saturated carbocycles. The van der Waals surface area contributed by atoms with Crippen molar-refractivity contribution in [1.29, 1.82) is 0 Å². The van der Waals surface area contributed by atoms with Gasteiger partial charge in [-0.3, -0.25) is 19.2 Å². The van der Waals surface area contributed by atoms with E-state index in [1.807, 2.05) is 54.6 Å². The van der Waals surface area contributed by atoms with E-state index in [9.17, 15) is 19.2 Å². The number of halogens is 3. The summed E-state index contributed by atoms with van der Waals surface area (Å²) in [6, 6.07) is 19.5. The van der Waals surface area contributed by atoms with E-state index >= 15 is 0 Å². The molecule has 296 valence electrons. The Labute approximate surface area is 340 Å². The molecule has 5 rings (SSSR count). The van der Waals surface area contributed by atoms with E-state index in [-0.39, 0.29) is 36.5 Å². The van der Waals surface area contributed by atoms with Gasteiger partial charge < -0.3 is 31.1 Å². The van der Waals surface area contributed by atoms with Gasteiger partial charge >= 0.3 is 0 Å². The summed E-state index contributed by atoms with van der Waals surface area (Å²) in [5.41, 5.74) is 8.39. The summed E-state index contributed by atoms with van der Waals surface area (Å²) >= 11 is 18.6. The molecule has 3 atom stereocenters. The third-order valence-electron chi connectivity index (χ3n) is 10.8. The van der Waals surface area contributed by atoms with Gasteiger partial charge in [0.1, 0.15) is 18.1 Å². The van der Waals surface area contributed by atoms with Crippen molar-refractivity contribution in [1.82, 2.24) is 20.4 Å². The molecule has 13 heteroatoms. The molecule has 4 amide bonds. The first-order valence-electron chi connectivity index (χ1n) is 19.4. The fraction of sp³-hybridized carbons (Fsp3) is 0.476. The van der Waals surface area contributed by atoms with Crippen LogP contribution in [0.25, 0.3) is 0 Å². The maximum atomic E-state index is 14.6.